The van der Waals surface area contributed by atoms with Crippen LogP contribution in [0.5, 0.6) is 0 Å². The summed E-state index contributed by atoms with van der Waals surface area (Å²) in [7, 11) is 1.38. The summed E-state index contributed by atoms with van der Waals surface area (Å²) in [6.45, 7) is 7.08. The third-order valence-corrected chi connectivity index (χ3v) is 12.0. The molecule has 2 saturated heterocycles. The lowest BCUT2D eigenvalue weighted by Crippen LogP contribution is -2.70. The summed E-state index contributed by atoms with van der Waals surface area (Å²) in [4.78, 5) is 13.6. The SMILES string of the molecule is C=CC[N+]1(CCCc2ccccc2)CC[C@]23C4=C5C=CC(NC(=O)C(=C(O)c6ccccc6)C(F)(F)F)(OC)C4O[C@H]2CCC[C@H]3[C@H]1C5. The van der Waals surface area contributed by atoms with Crippen molar-refractivity contribution in [3.63, 3.8) is 0 Å². The lowest BCUT2D eigenvalue weighted by Gasteiger charge is -2.62. The second-order valence-corrected chi connectivity index (χ2v) is 14.1. The molecule has 7 rings (SSSR count). The molecular formula is C39H44F3N2O4+. The maximum absolute atomic E-state index is 14.4. The second-order valence-electron chi connectivity index (χ2n) is 14.1. The van der Waals surface area contributed by atoms with Crippen molar-refractivity contribution in [1.29, 1.82) is 0 Å². The summed E-state index contributed by atoms with van der Waals surface area (Å²) in [6, 6.07) is 18.3. The van der Waals surface area contributed by atoms with Crippen molar-refractivity contribution in [2.75, 3.05) is 26.7 Å². The van der Waals surface area contributed by atoms with Gasteiger partial charge >= 0.3 is 6.18 Å². The maximum Gasteiger partial charge on any atom is 0.425 e. The van der Waals surface area contributed by atoms with Crippen molar-refractivity contribution in [1.82, 2.24) is 5.32 Å². The first-order chi connectivity index (χ1) is 23.1. The van der Waals surface area contributed by atoms with Crippen molar-refractivity contribution in [2.45, 2.75) is 75.1 Å². The van der Waals surface area contributed by atoms with Gasteiger partial charge in [-0.1, -0.05) is 79.7 Å². The van der Waals surface area contributed by atoms with Gasteiger partial charge in [0.1, 0.15) is 11.9 Å². The fourth-order valence-electron chi connectivity index (χ4n) is 9.99. The molecule has 5 aliphatic rings. The Morgan fingerprint density at radius 2 is 1.88 bits per heavy atom. The smallest absolute Gasteiger partial charge is 0.425 e. The first-order valence-corrected chi connectivity index (χ1v) is 17.1. The highest BCUT2D eigenvalue weighted by Gasteiger charge is 2.71. The molecule has 6 nitrogen and oxygen atoms in total. The third kappa shape index (κ3) is 5.17. The van der Waals surface area contributed by atoms with Gasteiger partial charge in [0.05, 0.1) is 31.8 Å². The van der Waals surface area contributed by atoms with E-state index in [9.17, 15) is 23.1 Å². The first-order valence-electron chi connectivity index (χ1n) is 17.1. The Morgan fingerprint density at radius 3 is 2.56 bits per heavy atom. The number of alkyl halides is 3. The summed E-state index contributed by atoms with van der Waals surface area (Å²) >= 11 is 0. The quantitative estimate of drug-likeness (QED) is 0.0929. The zero-order valence-corrected chi connectivity index (χ0v) is 27.3. The number of hydrogen-bond donors (Lipinski definition) is 2. The number of hydrogen-bond acceptors (Lipinski definition) is 4. The van der Waals surface area contributed by atoms with E-state index >= 15 is 0 Å². The van der Waals surface area contributed by atoms with Crippen LogP contribution in [0.25, 0.3) is 5.76 Å². The monoisotopic (exact) mass is 661 g/mol. The van der Waals surface area contributed by atoms with Crippen LogP contribution in [0.3, 0.4) is 0 Å². The molecule has 3 aliphatic carbocycles. The van der Waals surface area contributed by atoms with Crippen molar-refractivity contribution in [3.05, 3.63) is 113 Å². The van der Waals surface area contributed by atoms with E-state index in [2.05, 4.69) is 42.2 Å². The average Bonchev–Trinajstić information content (AvgIpc) is 3.43. The highest BCUT2D eigenvalue weighted by atomic mass is 19.4. The molecule has 0 radical (unpaired) electrons. The number of halogens is 3. The lowest BCUT2D eigenvalue weighted by atomic mass is 9.50. The van der Waals surface area contributed by atoms with Gasteiger partial charge in [0.2, 0.25) is 0 Å². The molecule has 1 spiro atoms. The molecule has 1 saturated carbocycles. The molecule has 2 N–H and O–H groups in total. The zero-order valence-electron chi connectivity index (χ0n) is 27.3. The minimum atomic E-state index is -5.12. The number of quaternary nitrogens is 1. The Bertz CT molecular complexity index is 1650. The van der Waals surface area contributed by atoms with E-state index < -0.39 is 35.2 Å². The summed E-state index contributed by atoms with van der Waals surface area (Å²) in [5, 5.41) is 13.3. The summed E-state index contributed by atoms with van der Waals surface area (Å²) < 4.78 is 57.1. The van der Waals surface area contributed by atoms with Crippen LogP contribution in [0.15, 0.2) is 102 Å². The number of allylic oxidation sites excluding steroid dienone is 1. The van der Waals surface area contributed by atoms with Crippen LogP contribution in [-0.2, 0) is 20.7 Å². The van der Waals surface area contributed by atoms with Crippen LogP contribution in [0.1, 0.15) is 49.7 Å². The fraction of sp³-hybridized carbons (Fsp3) is 0.462. The Labute approximate surface area is 280 Å². The highest BCUT2D eigenvalue weighted by molar-refractivity contribution is 6.01. The van der Waals surface area contributed by atoms with Gasteiger partial charge in [0.15, 0.2) is 11.3 Å². The lowest BCUT2D eigenvalue weighted by molar-refractivity contribution is -0.958. The van der Waals surface area contributed by atoms with E-state index in [0.717, 1.165) is 80.2 Å². The molecule has 2 bridgehead atoms. The van der Waals surface area contributed by atoms with Crippen LogP contribution in [-0.4, -0.2) is 72.4 Å². The number of ether oxygens (including phenoxy) is 2. The van der Waals surface area contributed by atoms with Gasteiger partial charge in [-0.25, -0.2) is 0 Å². The molecule has 1 amide bonds. The number of likely N-dealkylation sites (tertiary alicyclic amines) is 1. The number of nitrogens with one attached hydrogen (secondary N) is 1. The fourth-order valence-corrected chi connectivity index (χ4v) is 9.99. The largest absolute Gasteiger partial charge is 0.506 e. The zero-order chi connectivity index (χ0) is 33.7. The highest BCUT2D eigenvalue weighted by Crippen LogP contribution is 2.67. The number of aryl methyl sites for hydroxylation is 1. The number of carbonyl (C=O) groups is 1. The first kappa shape index (κ1) is 32.9. The van der Waals surface area contributed by atoms with Crippen LogP contribution < -0.4 is 5.32 Å². The van der Waals surface area contributed by atoms with Gasteiger partial charge < -0.3 is 24.4 Å². The molecule has 0 aromatic heterocycles. The van der Waals surface area contributed by atoms with Crippen molar-refractivity contribution in [2.24, 2.45) is 11.3 Å². The molecule has 2 aliphatic heterocycles. The van der Waals surface area contributed by atoms with Crippen molar-refractivity contribution >= 4 is 11.7 Å². The number of carbonyl (C=O) groups excluding carboxylic acids is 1. The molecule has 2 heterocycles. The van der Waals surface area contributed by atoms with E-state index in [-0.39, 0.29) is 17.1 Å². The average molecular weight is 662 g/mol. The topological polar surface area (TPSA) is 67.8 Å². The number of amides is 1. The number of methoxy groups -OCH3 is 1. The molecule has 2 aromatic rings. The van der Waals surface area contributed by atoms with E-state index in [1.165, 1.54) is 36.9 Å². The summed E-state index contributed by atoms with van der Waals surface area (Å²) in [5.74, 6) is -2.26. The molecule has 9 heteroatoms. The molecule has 7 atom stereocenters. The number of aliphatic hydroxyl groups excluding tert-OH is 1. The van der Waals surface area contributed by atoms with Gasteiger partial charge in [-0.15, -0.1) is 0 Å². The Hall–Kier alpha value is -3.66. The number of nitrogens with zero attached hydrogens (tertiary/aromatic N) is 1. The van der Waals surface area contributed by atoms with E-state index in [4.69, 9.17) is 9.47 Å². The van der Waals surface area contributed by atoms with Crippen molar-refractivity contribution in [3.8, 4) is 0 Å². The van der Waals surface area contributed by atoms with Crippen LogP contribution in [0, 0.1) is 11.3 Å². The van der Waals surface area contributed by atoms with Crippen molar-refractivity contribution < 1.29 is 37.0 Å². The Kier molecular flexibility index (Phi) is 8.45. The van der Waals surface area contributed by atoms with E-state index in [0.29, 0.717) is 12.0 Å². The standard InChI is InChI=1S/C39H43F3N2O4/c1-3-22-44(23-11-14-26-12-6-4-7-13-26)24-21-37-29-17-10-18-31(37)48-35-32(37)28(25-30(29)44)19-20-38(35,47-2)43-36(46)33(39(40,41)42)34(45)27-15-8-5-9-16-27/h3-9,12-13,15-16,19-20,29-31,35H,1,10-11,14,17-18,21-25H2,2H3,(H-,43,45,46)/p+1/t29-,30+,31-,35?,37+,38?,44?/m0/s1. The number of piperidine rings is 1. The second kappa shape index (κ2) is 12.3. The maximum atomic E-state index is 14.4. The molecular weight excluding hydrogens is 617 g/mol. The van der Waals surface area contributed by atoms with E-state index in [1.807, 2.05) is 12.1 Å². The number of rotatable bonds is 10. The normalized spacial score (nSPS) is 33.9. The molecule has 254 valence electrons. The summed E-state index contributed by atoms with van der Waals surface area (Å²) in [6.07, 6.45) is 6.40. The minimum Gasteiger partial charge on any atom is -0.506 e. The third-order valence-electron chi connectivity index (χ3n) is 12.0. The van der Waals surface area contributed by atoms with Crippen LogP contribution in [0.4, 0.5) is 13.2 Å². The molecule has 2 aromatic carbocycles. The number of benzene rings is 2. The van der Waals surface area contributed by atoms with Crippen LogP contribution in [0.2, 0.25) is 0 Å². The predicted molar refractivity (Wildman–Crippen MR) is 177 cm³/mol. The van der Waals surface area contributed by atoms with Crippen LogP contribution >= 0.6 is 0 Å². The number of aliphatic hydroxyl groups is 1. The van der Waals surface area contributed by atoms with Gasteiger partial charge in [0, 0.05) is 43.3 Å². The molecule has 3 unspecified atom stereocenters. The summed E-state index contributed by atoms with van der Waals surface area (Å²) in [5.41, 5.74) is -0.136. The molecule has 3 fully saturated rings. The van der Waals surface area contributed by atoms with Gasteiger partial charge in [-0.05, 0) is 48.1 Å². The Morgan fingerprint density at radius 1 is 1.15 bits per heavy atom. The predicted octanol–water partition coefficient (Wildman–Crippen LogP) is 7.21. The van der Waals surface area contributed by atoms with E-state index in [1.54, 1.807) is 12.1 Å². The molecule has 48 heavy (non-hydrogen) atoms. The van der Waals surface area contributed by atoms with Gasteiger partial charge in [-0.2, -0.15) is 13.2 Å². The minimum absolute atomic E-state index is 0.106. The van der Waals surface area contributed by atoms with Gasteiger partial charge in [-0.3, -0.25) is 4.79 Å². The Balaban J connectivity index is 1.23. The van der Waals surface area contributed by atoms with Gasteiger partial charge in [0.25, 0.3) is 5.91 Å².